The van der Waals surface area contributed by atoms with Gasteiger partial charge in [-0.25, -0.2) is 9.97 Å². The van der Waals surface area contributed by atoms with Crippen molar-refractivity contribution in [2.24, 2.45) is 0 Å². The van der Waals surface area contributed by atoms with E-state index in [0.717, 1.165) is 22.7 Å². The number of rotatable bonds is 1. The van der Waals surface area contributed by atoms with Gasteiger partial charge in [0.1, 0.15) is 0 Å². The maximum atomic E-state index is 12.6. The first kappa shape index (κ1) is 12.2. The van der Waals surface area contributed by atoms with E-state index in [1.165, 1.54) is 17.4 Å². The molecule has 3 rings (SSSR count). The quantitative estimate of drug-likeness (QED) is 0.733. The third kappa shape index (κ3) is 2.10. The Hall–Kier alpha value is -1.89. The molecule has 0 spiro atoms. The van der Waals surface area contributed by atoms with Crippen LogP contribution in [0.3, 0.4) is 0 Å². The van der Waals surface area contributed by atoms with Crippen LogP contribution in [0.1, 0.15) is 11.3 Å². The fraction of sp³-hybridized carbons (Fsp3) is 0.167. The Morgan fingerprint density at radius 2 is 2.05 bits per heavy atom. The van der Waals surface area contributed by atoms with Gasteiger partial charge >= 0.3 is 6.18 Å². The molecule has 19 heavy (non-hydrogen) atoms. The second-order valence-corrected chi connectivity index (χ2v) is 4.94. The van der Waals surface area contributed by atoms with Gasteiger partial charge in [0.25, 0.3) is 0 Å². The highest BCUT2D eigenvalue weighted by atomic mass is 32.1. The van der Waals surface area contributed by atoms with Crippen LogP contribution in [0, 0.1) is 6.92 Å². The van der Waals surface area contributed by atoms with E-state index in [1.54, 1.807) is 5.51 Å². The van der Waals surface area contributed by atoms with Gasteiger partial charge in [-0.05, 0) is 25.1 Å². The predicted molar refractivity (Wildman–Crippen MR) is 66.9 cm³/mol. The van der Waals surface area contributed by atoms with Gasteiger partial charge in [-0.1, -0.05) is 0 Å². The minimum absolute atomic E-state index is 0.373. The summed E-state index contributed by atoms with van der Waals surface area (Å²) < 4.78 is 37.9. The molecule has 3 aromatic rings. The third-order valence-corrected chi connectivity index (χ3v) is 3.71. The van der Waals surface area contributed by atoms with Crippen LogP contribution in [0.4, 0.5) is 13.2 Å². The van der Waals surface area contributed by atoms with Crippen molar-refractivity contribution in [1.82, 2.24) is 15.0 Å². The zero-order valence-corrected chi connectivity index (χ0v) is 10.6. The highest BCUT2D eigenvalue weighted by molar-refractivity contribution is 7.13. The Morgan fingerprint density at radius 3 is 2.68 bits per heavy atom. The molecular weight excluding hydrogens is 275 g/mol. The Labute approximate surface area is 110 Å². The summed E-state index contributed by atoms with van der Waals surface area (Å²) >= 11 is 1.40. The number of hydrogen-bond acceptors (Lipinski definition) is 3. The van der Waals surface area contributed by atoms with Crippen LogP contribution in [0.15, 0.2) is 23.7 Å². The number of nitrogens with one attached hydrogen (secondary N) is 1. The van der Waals surface area contributed by atoms with E-state index in [9.17, 15) is 13.2 Å². The van der Waals surface area contributed by atoms with Gasteiger partial charge in [0.05, 0.1) is 32.7 Å². The molecule has 0 saturated heterocycles. The molecule has 2 aromatic heterocycles. The normalized spacial score (nSPS) is 12.2. The molecule has 98 valence electrons. The minimum atomic E-state index is -4.35. The summed E-state index contributed by atoms with van der Waals surface area (Å²) in [6.45, 7) is 1.83. The fourth-order valence-corrected chi connectivity index (χ4v) is 2.57. The van der Waals surface area contributed by atoms with Gasteiger partial charge in [-0.3, -0.25) is 0 Å². The largest absolute Gasteiger partial charge is 0.416 e. The molecule has 2 heterocycles. The molecule has 1 aromatic carbocycles. The van der Waals surface area contributed by atoms with Crippen LogP contribution in [-0.2, 0) is 6.18 Å². The highest BCUT2D eigenvalue weighted by Crippen LogP contribution is 2.32. The maximum Gasteiger partial charge on any atom is 0.416 e. The van der Waals surface area contributed by atoms with E-state index in [1.807, 2.05) is 6.92 Å². The number of thiazole rings is 1. The van der Waals surface area contributed by atoms with E-state index in [4.69, 9.17) is 0 Å². The zero-order chi connectivity index (χ0) is 13.6. The number of nitrogens with zero attached hydrogens (tertiary/aromatic N) is 2. The number of alkyl halides is 3. The molecule has 0 atom stereocenters. The Kier molecular flexibility index (Phi) is 2.60. The van der Waals surface area contributed by atoms with Crippen molar-refractivity contribution in [3.05, 3.63) is 35.0 Å². The van der Waals surface area contributed by atoms with E-state index in [2.05, 4.69) is 15.0 Å². The van der Waals surface area contributed by atoms with Crippen molar-refractivity contribution in [1.29, 1.82) is 0 Å². The Bertz CT molecular complexity index is 742. The Balaban J connectivity index is 2.14. The molecule has 0 aliphatic rings. The summed E-state index contributed by atoms with van der Waals surface area (Å²) in [5.41, 5.74) is 2.68. The summed E-state index contributed by atoms with van der Waals surface area (Å²) in [5.74, 6) is 0.550. The summed E-state index contributed by atoms with van der Waals surface area (Å²) in [5, 5.41) is 0. The summed E-state index contributed by atoms with van der Waals surface area (Å²) in [6, 6.07) is 3.48. The SMILES string of the molecule is Cc1ncsc1-c1nc2ccc(C(F)(F)F)cc2[nH]1. The number of aryl methyl sites for hydroxylation is 1. The Morgan fingerprint density at radius 1 is 1.26 bits per heavy atom. The summed E-state index contributed by atoms with van der Waals surface area (Å²) in [4.78, 5) is 12.1. The van der Waals surface area contributed by atoms with Crippen LogP contribution in [0.2, 0.25) is 0 Å². The number of H-pyrrole nitrogens is 1. The molecule has 7 heteroatoms. The molecule has 0 aliphatic carbocycles. The highest BCUT2D eigenvalue weighted by Gasteiger charge is 2.30. The maximum absolute atomic E-state index is 12.6. The summed E-state index contributed by atoms with van der Waals surface area (Å²) in [6.07, 6.45) is -4.35. The van der Waals surface area contributed by atoms with Gasteiger partial charge in [-0.2, -0.15) is 13.2 Å². The van der Waals surface area contributed by atoms with Gasteiger partial charge < -0.3 is 4.98 Å². The molecule has 0 radical (unpaired) electrons. The number of aromatic nitrogens is 3. The smallest absolute Gasteiger partial charge is 0.337 e. The number of fused-ring (bicyclic) bond motifs is 1. The molecule has 0 unspecified atom stereocenters. The molecule has 1 N–H and O–H groups in total. The van der Waals surface area contributed by atoms with Crippen molar-refractivity contribution in [3.8, 4) is 10.7 Å². The first-order valence-corrected chi connectivity index (χ1v) is 6.30. The molecule has 0 aliphatic heterocycles. The lowest BCUT2D eigenvalue weighted by Gasteiger charge is -2.05. The average molecular weight is 283 g/mol. The predicted octanol–water partition coefficient (Wildman–Crippen LogP) is 4.01. The summed E-state index contributed by atoms with van der Waals surface area (Å²) in [7, 11) is 0. The first-order chi connectivity index (χ1) is 8.95. The number of imidazole rings is 1. The van der Waals surface area contributed by atoms with E-state index < -0.39 is 11.7 Å². The third-order valence-electron chi connectivity index (χ3n) is 2.77. The van der Waals surface area contributed by atoms with Crippen molar-refractivity contribution in [3.63, 3.8) is 0 Å². The number of halogens is 3. The van der Waals surface area contributed by atoms with Crippen molar-refractivity contribution in [2.45, 2.75) is 13.1 Å². The van der Waals surface area contributed by atoms with Crippen LogP contribution >= 0.6 is 11.3 Å². The molecular formula is C12H8F3N3S. The molecule has 0 fully saturated rings. The zero-order valence-electron chi connectivity index (χ0n) is 9.75. The number of benzene rings is 1. The van der Waals surface area contributed by atoms with Crippen LogP contribution in [-0.4, -0.2) is 15.0 Å². The van der Waals surface area contributed by atoms with E-state index in [0.29, 0.717) is 16.9 Å². The molecule has 3 nitrogen and oxygen atoms in total. The van der Waals surface area contributed by atoms with Crippen molar-refractivity contribution >= 4 is 22.4 Å². The van der Waals surface area contributed by atoms with Gasteiger partial charge in [0.2, 0.25) is 0 Å². The topological polar surface area (TPSA) is 41.6 Å². The number of hydrogen-bond donors (Lipinski definition) is 1. The standard InChI is InChI=1S/C12H8F3N3S/c1-6-10(19-5-16-6)11-17-8-3-2-7(12(13,14)15)4-9(8)18-11/h2-5H,1H3,(H,17,18). The van der Waals surface area contributed by atoms with Gasteiger partial charge in [-0.15, -0.1) is 11.3 Å². The fourth-order valence-electron chi connectivity index (χ4n) is 1.82. The van der Waals surface area contributed by atoms with Crippen molar-refractivity contribution < 1.29 is 13.2 Å². The van der Waals surface area contributed by atoms with Crippen LogP contribution in [0.5, 0.6) is 0 Å². The van der Waals surface area contributed by atoms with E-state index in [-0.39, 0.29) is 0 Å². The first-order valence-electron chi connectivity index (χ1n) is 5.42. The van der Waals surface area contributed by atoms with Crippen LogP contribution in [0.25, 0.3) is 21.7 Å². The lowest BCUT2D eigenvalue weighted by molar-refractivity contribution is -0.137. The second-order valence-electron chi connectivity index (χ2n) is 4.08. The lowest BCUT2D eigenvalue weighted by Crippen LogP contribution is -2.04. The molecule has 0 amide bonds. The lowest BCUT2D eigenvalue weighted by atomic mass is 10.2. The minimum Gasteiger partial charge on any atom is -0.337 e. The monoisotopic (exact) mass is 283 g/mol. The van der Waals surface area contributed by atoms with Gasteiger partial charge in [0.15, 0.2) is 5.82 Å². The van der Waals surface area contributed by atoms with Crippen LogP contribution < -0.4 is 0 Å². The van der Waals surface area contributed by atoms with Gasteiger partial charge in [0, 0.05) is 0 Å². The second kappa shape index (κ2) is 4.06. The van der Waals surface area contributed by atoms with E-state index >= 15 is 0 Å². The number of aromatic amines is 1. The molecule has 0 bridgehead atoms. The van der Waals surface area contributed by atoms with Crippen molar-refractivity contribution in [2.75, 3.05) is 0 Å². The molecule has 0 saturated carbocycles. The average Bonchev–Trinajstić information content (AvgIpc) is 2.91.